The Morgan fingerprint density at radius 3 is 2.41 bits per heavy atom. The highest BCUT2D eigenvalue weighted by Crippen LogP contribution is 2.38. The molecule has 1 N–H and O–H groups in total. The first kappa shape index (κ1) is 21.0. The number of halogens is 1. The molecule has 1 aliphatic carbocycles. The van der Waals surface area contributed by atoms with Crippen LogP contribution in [0.3, 0.4) is 0 Å². The number of likely N-dealkylation sites (tertiary alicyclic amines) is 1. The molecule has 0 spiro atoms. The molecule has 0 bridgehead atoms. The van der Waals surface area contributed by atoms with Crippen LogP contribution in [-0.2, 0) is 30.3 Å². The van der Waals surface area contributed by atoms with Gasteiger partial charge >= 0.3 is 5.97 Å². The maximum Gasteiger partial charge on any atom is 0.329 e. The van der Waals surface area contributed by atoms with Gasteiger partial charge in [0.25, 0.3) is 5.91 Å². The van der Waals surface area contributed by atoms with E-state index in [1.807, 2.05) is 0 Å². The van der Waals surface area contributed by atoms with Gasteiger partial charge in [-0.05, 0) is 37.8 Å². The third-order valence-corrected chi connectivity index (χ3v) is 5.62. The summed E-state index contributed by atoms with van der Waals surface area (Å²) in [5.41, 5.74) is 0.478. The van der Waals surface area contributed by atoms with Crippen molar-refractivity contribution in [2.45, 2.75) is 45.1 Å². The van der Waals surface area contributed by atoms with E-state index >= 15 is 0 Å². The van der Waals surface area contributed by atoms with E-state index in [-0.39, 0.29) is 36.0 Å². The number of hydrogen-bond donors (Lipinski definition) is 1. The van der Waals surface area contributed by atoms with Gasteiger partial charge in [0.05, 0.1) is 11.8 Å². The van der Waals surface area contributed by atoms with Crippen LogP contribution in [0.1, 0.15) is 38.2 Å². The van der Waals surface area contributed by atoms with Crippen molar-refractivity contribution in [1.29, 1.82) is 0 Å². The number of ether oxygens (including phenoxy) is 1. The molecular weight excluding hydrogens is 379 g/mol. The van der Waals surface area contributed by atoms with Crippen molar-refractivity contribution in [2.24, 2.45) is 11.8 Å². The Hall–Kier alpha value is -2.77. The number of fused-ring (bicyclic) bond motifs is 1. The lowest BCUT2D eigenvalue weighted by Gasteiger charge is -2.21. The summed E-state index contributed by atoms with van der Waals surface area (Å²) in [6.45, 7) is 1.11. The van der Waals surface area contributed by atoms with E-state index in [0.717, 1.165) is 17.7 Å². The number of benzene rings is 1. The number of nitrogens with zero attached hydrogens (tertiary/aromatic N) is 1. The molecule has 3 atom stereocenters. The highest BCUT2D eigenvalue weighted by atomic mass is 19.1. The Morgan fingerprint density at radius 1 is 1.17 bits per heavy atom. The van der Waals surface area contributed by atoms with E-state index in [4.69, 9.17) is 4.74 Å². The minimum absolute atomic E-state index is 0.194. The van der Waals surface area contributed by atoms with Crippen LogP contribution in [0.5, 0.6) is 0 Å². The van der Waals surface area contributed by atoms with Gasteiger partial charge in [0.2, 0.25) is 11.8 Å². The SMILES string of the molecule is C[C@@H](C(=O)OCC(=O)NCCc1ccccc1F)N1C(=O)[C@@H]2CCCC[C@H]2C1=O. The van der Waals surface area contributed by atoms with Crippen LogP contribution in [0.2, 0.25) is 0 Å². The molecule has 1 saturated heterocycles. The molecule has 0 unspecified atom stereocenters. The van der Waals surface area contributed by atoms with E-state index in [0.29, 0.717) is 24.8 Å². The second-order valence-corrected chi connectivity index (χ2v) is 7.52. The molecule has 0 radical (unpaired) electrons. The predicted octanol–water partition coefficient (Wildman–Crippen LogP) is 1.59. The monoisotopic (exact) mass is 404 g/mol. The molecule has 3 rings (SSSR count). The number of imide groups is 1. The van der Waals surface area contributed by atoms with Gasteiger partial charge in [0, 0.05) is 6.54 Å². The van der Waals surface area contributed by atoms with Crippen LogP contribution in [0.15, 0.2) is 24.3 Å². The minimum atomic E-state index is -1.06. The van der Waals surface area contributed by atoms with Gasteiger partial charge in [-0.2, -0.15) is 0 Å². The summed E-state index contributed by atoms with van der Waals surface area (Å²) in [6.07, 6.45) is 3.44. The van der Waals surface area contributed by atoms with Crippen molar-refractivity contribution in [3.05, 3.63) is 35.6 Å². The van der Waals surface area contributed by atoms with E-state index in [2.05, 4.69) is 5.32 Å². The second-order valence-electron chi connectivity index (χ2n) is 7.52. The maximum atomic E-state index is 13.5. The minimum Gasteiger partial charge on any atom is -0.454 e. The van der Waals surface area contributed by atoms with Crippen LogP contribution in [0.25, 0.3) is 0 Å². The number of nitrogens with one attached hydrogen (secondary N) is 1. The fraction of sp³-hybridized carbons (Fsp3) is 0.524. The lowest BCUT2D eigenvalue weighted by atomic mass is 9.81. The van der Waals surface area contributed by atoms with Gasteiger partial charge in [0.15, 0.2) is 6.61 Å². The number of carbonyl (C=O) groups is 4. The van der Waals surface area contributed by atoms with Crippen LogP contribution in [0, 0.1) is 17.7 Å². The first-order chi connectivity index (χ1) is 13.9. The Bertz CT molecular complexity index is 788. The molecule has 1 aromatic carbocycles. The van der Waals surface area contributed by atoms with Crippen LogP contribution in [-0.4, -0.2) is 47.8 Å². The van der Waals surface area contributed by atoms with E-state index in [1.165, 1.54) is 13.0 Å². The zero-order chi connectivity index (χ0) is 21.0. The Kier molecular flexibility index (Phi) is 6.61. The normalized spacial score (nSPS) is 22.2. The van der Waals surface area contributed by atoms with Gasteiger partial charge in [-0.1, -0.05) is 31.0 Å². The lowest BCUT2D eigenvalue weighted by Crippen LogP contribution is -2.45. The van der Waals surface area contributed by atoms with Crippen molar-refractivity contribution < 1.29 is 28.3 Å². The van der Waals surface area contributed by atoms with Gasteiger partial charge < -0.3 is 10.1 Å². The number of hydrogen-bond acceptors (Lipinski definition) is 5. The van der Waals surface area contributed by atoms with E-state index in [1.54, 1.807) is 18.2 Å². The number of carbonyl (C=O) groups excluding carboxylic acids is 4. The molecule has 0 aromatic heterocycles. The van der Waals surface area contributed by atoms with Gasteiger partial charge in [-0.25, -0.2) is 9.18 Å². The standard InChI is InChI=1S/C21H25FN2O5/c1-13(24-19(26)15-7-3-4-8-16(15)20(24)27)21(28)29-12-18(25)23-11-10-14-6-2-5-9-17(14)22/h2,5-6,9,13,15-16H,3-4,7-8,10-12H2,1H3,(H,23,25)/t13-,15+,16+/m0/s1. The number of amides is 3. The molecule has 8 heteroatoms. The molecule has 1 aromatic rings. The topological polar surface area (TPSA) is 92.8 Å². The summed E-state index contributed by atoms with van der Waals surface area (Å²) in [5, 5.41) is 2.55. The van der Waals surface area contributed by atoms with Crippen molar-refractivity contribution in [3.63, 3.8) is 0 Å². The Balaban J connectivity index is 1.45. The highest BCUT2D eigenvalue weighted by Gasteiger charge is 2.51. The van der Waals surface area contributed by atoms with Gasteiger partial charge in [-0.15, -0.1) is 0 Å². The molecule has 1 aliphatic heterocycles. The molecule has 1 heterocycles. The predicted molar refractivity (Wildman–Crippen MR) is 101 cm³/mol. The largest absolute Gasteiger partial charge is 0.454 e. The molecule has 2 aliphatic rings. The number of rotatable bonds is 7. The third kappa shape index (κ3) is 4.63. The average Bonchev–Trinajstić information content (AvgIpc) is 2.97. The smallest absolute Gasteiger partial charge is 0.329 e. The average molecular weight is 404 g/mol. The Morgan fingerprint density at radius 2 is 1.79 bits per heavy atom. The van der Waals surface area contributed by atoms with Crippen LogP contribution >= 0.6 is 0 Å². The zero-order valence-corrected chi connectivity index (χ0v) is 16.4. The quantitative estimate of drug-likeness (QED) is 0.550. The van der Waals surface area contributed by atoms with E-state index < -0.39 is 24.5 Å². The molecule has 156 valence electrons. The van der Waals surface area contributed by atoms with Crippen LogP contribution < -0.4 is 5.32 Å². The fourth-order valence-electron chi connectivity index (χ4n) is 4.02. The summed E-state index contributed by atoms with van der Waals surface area (Å²) in [7, 11) is 0. The maximum absolute atomic E-state index is 13.5. The number of esters is 1. The summed E-state index contributed by atoms with van der Waals surface area (Å²) in [6, 6.07) is 5.21. The fourth-order valence-corrected chi connectivity index (χ4v) is 4.02. The summed E-state index contributed by atoms with van der Waals surface area (Å²) in [4.78, 5) is 50.2. The zero-order valence-electron chi connectivity index (χ0n) is 16.4. The summed E-state index contributed by atoms with van der Waals surface area (Å²) >= 11 is 0. The van der Waals surface area contributed by atoms with Crippen molar-refractivity contribution >= 4 is 23.7 Å². The second kappa shape index (κ2) is 9.15. The lowest BCUT2D eigenvalue weighted by molar-refractivity contribution is -0.159. The summed E-state index contributed by atoms with van der Waals surface area (Å²) < 4.78 is 18.5. The molecular formula is C21H25FN2O5. The van der Waals surface area contributed by atoms with Gasteiger partial charge in [0.1, 0.15) is 11.9 Å². The van der Waals surface area contributed by atoms with Crippen molar-refractivity contribution in [3.8, 4) is 0 Å². The first-order valence-electron chi connectivity index (χ1n) is 9.93. The third-order valence-electron chi connectivity index (χ3n) is 5.62. The van der Waals surface area contributed by atoms with Crippen molar-refractivity contribution in [1.82, 2.24) is 10.2 Å². The van der Waals surface area contributed by atoms with Crippen molar-refractivity contribution in [2.75, 3.05) is 13.2 Å². The molecule has 29 heavy (non-hydrogen) atoms. The molecule has 7 nitrogen and oxygen atoms in total. The molecule has 1 saturated carbocycles. The van der Waals surface area contributed by atoms with Crippen LogP contribution in [0.4, 0.5) is 4.39 Å². The molecule has 2 fully saturated rings. The first-order valence-corrected chi connectivity index (χ1v) is 9.93. The Labute approximate surface area is 168 Å². The molecule has 3 amide bonds. The summed E-state index contributed by atoms with van der Waals surface area (Å²) in [5.74, 6) is -3.00. The van der Waals surface area contributed by atoms with Gasteiger partial charge in [-0.3, -0.25) is 19.3 Å². The highest BCUT2D eigenvalue weighted by molar-refractivity contribution is 6.07. The van der Waals surface area contributed by atoms with E-state index in [9.17, 15) is 23.6 Å².